The average molecular weight is 325 g/mol. The molecule has 3 aromatic rings. The van der Waals surface area contributed by atoms with E-state index in [4.69, 9.17) is 11.8 Å². The molecule has 0 saturated heterocycles. The molecule has 0 atom stereocenters. The Hall–Kier alpha value is -2.65. The summed E-state index contributed by atoms with van der Waals surface area (Å²) in [6, 6.07) is 25.6. The zero-order chi connectivity index (χ0) is 16.1. The second-order valence-corrected chi connectivity index (χ2v) is 5.21. The van der Waals surface area contributed by atoms with Gasteiger partial charge in [-0.25, -0.2) is 4.39 Å². The number of nitrogens with zero attached hydrogens (tertiary/aromatic N) is 2. The zero-order valence-corrected chi connectivity index (χ0v) is 13.0. The maximum Gasteiger partial charge on any atom is 0.149 e. The van der Waals surface area contributed by atoms with Gasteiger partial charge in [-0.1, -0.05) is 72.8 Å². The minimum Gasteiger partial charge on any atom is -0.205 e. The Kier molecular flexibility index (Phi) is 4.69. The molecule has 23 heavy (non-hydrogen) atoms. The molecule has 114 valence electrons. The van der Waals surface area contributed by atoms with Gasteiger partial charge in [0.1, 0.15) is 11.5 Å². The van der Waals surface area contributed by atoms with Gasteiger partial charge >= 0.3 is 0 Å². The molecular formula is C19H14ClFN2. The third kappa shape index (κ3) is 3.58. The molecule has 0 N–H and O–H groups in total. The van der Waals surface area contributed by atoms with Crippen LogP contribution in [0.3, 0.4) is 0 Å². The van der Waals surface area contributed by atoms with Crippen LogP contribution >= 0.6 is 11.8 Å². The molecule has 0 amide bonds. The monoisotopic (exact) mass is 324 g/mol. The summed E-state index contributed by atoms with van der Waals surface area (Å²) < 4.78 is 14.9. The topological polar surface area (TPSA) is 15.6 Å². The summed E-state index contributed by atoms with van der Waals surface area (Å²) >= 11 is 6.21. The standard InChI is InChI=1S/C19H14ClFN2/c20-23(18-14-8-7-13-17(18)21)22-19(15-9-3-1-4-10-15)16-11-5-2-6-12-16/h1-14H. The molecule has 0 aliphatic carbocycles. The van der Waals surface area contributed by atoms with Gasteiger partial charge in [0.25, 0.3) is 0 Å². The summed E-state index contributed by atoms with van der Waals surface area (Å²) in [5, 5.41) is 4.42. The Morgan fingerprint density at radius 2 is 1.22 bits per heavy atom. The van der Waals surface area contributed by atoms with Crippen molar-refractivity contribution in [3.63, 3.8) is 0 Å². The first kappa shape index (κ1) is 15.3. The van der Waals surface area contributed by atoms with E-state index in [1.807, 2.05) is 60.7 Å². The molecule has 0 fully saturated rings. The number of halogens is 2. The largest absolute Gasteiger partial charge is 0.205 e. The summed E-state index contributed by atoms with van der Waals surface area (Å²) in [5.41, 5.74) is 2.68. The van der Waals surface area contributed by atoms with Crippen LogP contribution < -0.4 is 4.53 Å². The van der Waals surface area contributed by atoms with Crippen LogP contribution in [0.1, 0.15) is 11.1 Å². The van der Waals surface area contributed by atoms with Gasteiger partial charge in [0.05, 0.1) is 5.71 Å². The number of para-hydroxylation sites is 1. The molecule has 3 aromatic carbocycles. The van der Waals surface area contributed by atoms with Crippen LogP contribution in [0.5, 0.6) is 0 Å². The summed E-state index contributed by atoms with van der Waals surface area (Å²) in [7, 11) is 0. The molecule has 4 heteroatoms. The lowest BCUT2D eigenvalue weighted by Gasteiger charge is -2.14. The summed E-state index contributed by atoms with van der Waals surface area (Å²) in [4.78, 5) is 0. The van der Waals surface area contributed by atoms with Crippen molar-refractivity contribution in [2.75, 3.05) is 4.53 Å². The fourth-order valence-electron chi connectivity index (χ4n) is 2.22. The van der Waals surface area contributed by atoms with E-state index in [9.17, 15) is 4.39 Å². The molecule has 0 bridgehead atoms. The molecule has 0 unspecified atom stereocenters. The first-order chi connectivity index (χ1) is 11.3. The van der Waals surface area contributed by atoms with E-state index in [1.165, 1.54) is 6.07 Å². The lowest BCUT2D eigenvalue weighted by molar-refractivity contribution is 0.628. The van der Waals surface area contributed by atoms with Crippen molar-refractivity contribution in [2.24, 2.45) is 5.10 Å². The van der Waals surface area contributed by atoms with Gasteiger partial charge < -0.3 is 0 Å². The molecule has 0 aliphatic rings. The lowest BCUT2D eigenvalue weighted by Crippen LogP contribution is -2.11. The lowest BCUT2D eigenvalue weighted by atomic mass is 10.0. The maximum atomic E-state index is 13.9. The summed E-state index contributed by atoms with van der Waals surface area (Å²) in [6.45, 7) is 0. The molecule has 0 radical (unpaired) electrons. The van der Waals surface area contributed by atoms with Gasteiger partial charge in [-0.05, 0) is 12.1 Å². The van der Waals surface area contributed by atoms with Crippen LogP contribution in [-0.2, 0) is 0 Å². The average Bonchev–Trinajstić information content (AvgIpc) is 2.61. The number of rotatable bonds is 4. The Morgan fingerprint density at radius 1 is 0.739 bits per heavy atom. The van der Waals surface area contributed by atoms with Crippen molar-refractivity contribution >= 4 is 23.2 Å². The van der Waals surface area contributed by atoms with E-state index >= 15 is 0 Å². The van der Waals surface area contributed by atoms with E-state index < -0.39 is 5.82 Å². The van der Waals surface area contributed by atoms with Gasteiger partial charge in [-0.3, -0.25) is 0 Å². The molecule has 2 nitrogen and oxygen atoms in total. The number of hydrogen-bond donors (Lipinski definition) is 0. The van der Waals surface area contributed by atoms with Gasteiger partial charge in [-0.2, -0.15) is 9.63 Å². The van der Waals surface area contributed by atoms with Gasteiger partial charge in [0.2, 0.25) is 0 Å². The number of anilines is 1. The number of hydrazone groups is 1. The Labute approximate surface area is 139 Å². The zero-order valence-electron chi connectivity index (χ0n) is 12.2. The van der Waals surface area contributed by atoms with E-state index in [-0.39, 0.29) is 5.69 Å². The third-order valence-electron chi connectivity index (χ3n) is 3.33. The first-order valence-electron chi connectivity index (χ1n) is 7.15. The van der Waals surface area contributed by atoms with Gasteiger partial charge in [0.15, 0.2) is 0 Å². The predicted octanol–water partition coefficient (Wildman–Crippen LogP) is 5.24. The highest BCUT2D eigenvalue weighted by Crippen LogP contribution is 2.22. The fraction of sp³-hybridized carbons (Fsp3) is 0. The van der Waals surface area contributed by atoms with Gasteiger partial charge in [0, 0.05) is 22.9 Å². The molecular weight excluding hydrogens is 311 g/mol. The summed E-state index contributed by atoms with van der Waals surface area (Å²) in [5.74, 6) is -0.424. The normalized spacial score (nSPS) is 10.2. The highest BCUT2D eigenvalue weighted by Gasteiger charge is 2.12. The third-order valence-corrected chi connectivity index (χ3v) is 3.59. The maximum absolute atomic E-state index is 13.9. The quantitative estimate of drug-likeness (QED) is 0.364. The van der Waals surface area contributed by atoms with Crippen LogP contribution in [0.15, 0.2) is 90.0 Å². The number of benzene rings is 3. The molecule has 0 heterocycles. The van der Waals surface area contributed by atoms with Crippen LogP contribution in [0.25, 0.3) is 0 Å². The Balaban J connectivity index is 2.07. The summed E-state index contributed by atoms with van der Waals surface area (Å²) in [6.07, 6.45) is 0. The molecule has 0 saturated carbocycles. The molecule has 3 rings (SSSR count). The van der Waals surface area contributed by atoms with Crippen LogP contribution in [0.4, 0.5) is 10.1 Å². The predicted molar refractivity (Wildman–Crippen MR) is 93.3 cm³/mol. The van der Waals surface area contributed by atoms with Crippen molar-refractivity contribution in [3.05, 3.63) is 102 Å². The van der Waals surface area contributed by atoms with Crippen LogP contribution in [0.2, 0.25) is 0 Å². The van der Waals surface area contributed by atoms with Crippen molar-refractivity contribution in [1.82, 2.24) is 0 Å². The Bertz CT molecular complexity index is 762. The van der Waals surface area contributed by atoms with Crippen LogP contribution in [0, 0.1) is 5.82 Å². The highest BCUT2D eigenvalue weighted by molar-refractivity contribution is 6.27. The van der Waals surface area contributed by atoms with Crippen LogP contribution in [-0.4, -0.2) is 5.71 Å². The first-order valence-corrected chi connectivity index (χ1v) is 7.49. The Morgan fingerprint density at radius 3 is 1.74 bits per heavy atom. The van der Waals surface area contributed by atoms with Crippen molar-refractivity contribution in [1.29, 1.82) is 0 Å². The van der Waals surface area contributed by atoms with E-state index in [1.54, 1.807) is 18.2 Å². The highest BCUT2D eigenvalue weighted by atomic mass is 35.5. The van der Waals surface area contributed by atoms with E-state index in [2.05, 4.69) is 5.10 Å². The second kappa shape index (κ2) is 7.07. The fourth-order valence-corrected chi connectivity index (χ4v) is 2.43. The van der Waals surface area contributed by atoms with Gasteiger partial charge in [-0.15, -0.1) is 0 Å². The minimum atomic E-state index is -0.424. The van der Waals surface area contributed by atoms with E-state index in [0.29, 0.717) is 5.71 Å². The van der Waals surface area contributed by atoms with Crippen molar-refractivity contribution in [2.45, 2.75) is 0 Å². The second-order valence-electron chi connectivity index (χ2n) is 4.89. The number of hydrogen-bond acceptors (Lipinski definition) is 2. The molecule has 0 aromatic heterocycles. The smallest absolute Gasteiger partial charge is 0.149 e. The molecule has 0 aliphatic heterocycles. The van der Waals surface area contributed by atoms with Crippen molar-refractivity contribution < 1.29 is 4.39 Å². The van der Waals surface area contributed by atoms with Crippen molar-refractivity contribution in [3.8, 4) is 0 Å². The molecule has 0 spiro atoms. The SMILES string of the molecule is Fc1ccccc1N(Cl)N=C(c1ccccc1)c1ccccc1. The van der Waals surface area contributed by atoms with E-state index in [0.717, 1.165) is 15.7 Å². The minimum absolute atomic E-state index is 0.207.